The molecule has 1 N–H and O–H groups in total. The van der Waals surface area contributed by atoms with E-state index in [0.29, 0.717) is 11.3 Å². The summed E-state index contributed by atoms with van der Waals surface area (Å²) in [5.74, 6) is -0.215. The van der Waals surface area contributed by atoms with Crippen LogP contribution in [0, 0.1) is 6.07 Å². The average molecular weight is 198 g/mol. The lowest BCUT2D eigenvalue weighted by molar-refractivity contribution is 0.102. The Morgan fingerprint density at radius 1 is 1.33 bits per heavy atom. The van der Waals surface area contributed by atoms with Gasteiger partial charge in [-0.3, -0.25) is 14.8 Å². The van der Waals surface area contributed by atoms with Gasteiger partial charge in [-0.2, -0.15) is 0 Å². The van der Waals surface area contributed by atoms with Crippen molar-refractivity contribution in [2.75, 3.05) is 5.32 Å². The van der Waals surface area contributed by atoms with Gasteiger partial charge in [0.1, 0.15) is 0 Å². The van der Waals surface area contributed by atoms with Crippen LogP contribution in [0.1, 0.15) is 10.4 Å². The van der Waals surface area contributed by atoms with Crippen LogP contribution in [0.4, 0.5) is 5.69 Å². The highest BCUT2D eigenvalue weighted by Crippen LogP contribution is 2.05. The van der Waals surface area contributed by atoms with E-state index in [4.69, 9.17) is 0 Å². The van der Waals surface area contributed by atoms with Crippen LogP contribution in [-0.2, 0) is 0 Å². The molecular weight excluding hydrogens is 190 g/mol. The van der Waals surface area contributed by atoms with Gasteiger partial charge >= 0.3 is 0 Å². The van der Waals surface area contributed by atoms with E-state index in [2.05, 4.69) is 21.4 Å². The number of aromatic nitrogens is 2. The predicted molar refractivity (Wildman–Crippen MR) is 55.3 cm³/mol. The lowest BCUT2D eigenvalue weighted by atomic mass is 10.2. The van der Waals surface area contributed by atoms with Crippen LogP contribution < -0.4 is 5.32 Å². The molecule has 0 aromatic carbocycles. The highest BCUT2D eigenvalue weighted by atomic mass is 16.1. The molecule has 0 spiro atoms. The Hall–Kier alpha value is -2.23. The molecule has 1 radical (unpaired) electrons. The number of carbonyl (C=O) groups is 1. The minimum absolute atomic E-state index is 0.215. The summed E-state index contributed by atoms with van der Waals surface area (Å²) in [6, 6.07) is 7.85. The largest absolute Gasteiger partial charge is 0.321 e. The number of rotatable bonds is 2. The van der Waals surface area contributed by atoms with Crippen molar-refractivity contribution in [3.05, 3.63) is 54.6 Å². The molecule has 0 fully saturated rings. The van der Waals surface area contributed by atoms with E-state index in [-0.39, 0.29) is 5.91 Å². The molecule has 0 bridgehead atoms. The summed E-state index contributed by atoms with van der Waals surface area (Å²) < 4.78 is 0. The van der Waals surface area contributed by atoms with Crippen LogP contribution in [-0.4, -0.2) is 15.9 Å². The average Bonchev–Trinajstić information content (AvgIpc) is 2.31. The van der Waals surface area contributed by atoms with Gasteiger partial charge in [0.2, 0.25) is 0 Å². The van der Waals surface area contributed by atoms with Crippen molar-refractivity contribution >= 4 is 11.6 Å². The van der Waals surface area contributed by atoms with E-state index >= 15 is 0 Å². The maximum Gasteiger partial charge on any atom is 0.257 e. The van der Waals surface area contributed by atoms with E-state index < -0.39 is 0 Å². The second-order valence-corrected chi connectivity index (χ2v) is 2.87. The molecule has 0 saturated heterocycles. The molecule has 4 heteroatoms. The summed E-state index contributed by atoms with van der Waals surface area (Å²) in [4.78, 5) is 19.3. The SMILES string of the molecule is O=C(Nc1cccnc1)c1c[c]cnc1. The molecule has 1 amide bonds. The zero-order chi connectivity index (χ0) is 10.5. The molecule has 73 valence electrons. The minimum atomic E-state index is -0.215. The minimum Gasteiger partial charge on any atom is -0.321 e. The van der Waals surface area contributed by atoms with E-state index in [0.717, 1.165) is 0 Å². The number of amides is 1. The standard InChI is InChI=1S/C11H8N3O/c15-11(9-3-1-5-12-7-9)14-10-4-2-6-13-8-10/h2-8H,(H,14,15). The van der Waals surface area contributed by atoms with Crippen molar-refractivity contribution in [2.45, 2.75) is 0 Å². The lowest BCUT2D eigenvalue weighted by Gasteiger charge is -2.02. The maximum absolute atomic E-state index is 11.6. The molecule has 0 saturated carbocycles. The Balaban J connectivity index is 2.12. The van der Waals surface area contributed by atoms with Gasteiger partial charge in [0, 0.05) is 24.7 Å². The molecule has 15 heavy (non-hydrogen) atoms. The summed E-state index contributed by atoms with van der Waals surface area (Å²) in [5, 5.41) is 2.70. The van der Waals surface area contributed by atoms with Crippen molar-refractivity contribution in [1.29, 1.82) is 0 Å². The number of nitrogens with one attached hydrogen (secondary N) is 1. The molecule has 2 rings (SSSR count). The van der Waals surface area contributed by atoms with E-state index in [1.165, 1.54) is 12.4 Å². The number of carbonyl (C=O) groups excluding carboxylic acids is 1. The van der Waals surface area contributed by atoms with E-state index in [9.17, 15) is 4.79 Å². The second-order valence-electron chi connectivity index (χ2n) is 2.87. The molecule has 0 aliphatic heterocycles. The molecule has 0 aliphatic carbocycles. The van der Waals surface area contributed by atoms with Crippen molar-refractivity contribution in [2.24, 2.45) is 0 Å². The Morgan fingerprint density at radius 2 is 2.27 bits per heavy atom. The Morgan fingerprint density at radius 3 is 2.93 bits per heavy atom. The fourth-order valence-corrected chi connectivity index (χ4v) is 1.09. The number of hydrogen-bond donors (Lipinski definition) is 1. The van der Waals surface area contributed by atoms with Gasteiger partial charge in [0.25, 0.3) is 5.91 Å². The van der Waals surface area contributed by atoms with Gasteiger partial charge < -0.3 is 5.32 Å². The fraction of sp³-hybridized carbons (Fsp3) is 0. The van der Waals surface area contributed by atoms with E-state index in [1.807, 2.05) is 0 Å². The van der Waals surface area contributed by atoms with Crippen LogP contribution in [0.25, 0.3) is 0 Å². The zero-order valence-corrected chi connectivity index (χ0v) is 7.84. The monoisotopic (exact) mass is 198 g/mol. The summed E-state index contributed by atoms with van der Waals surface area (Å²) in [6.45, 7) is 0. The number of anilines is 1. The van der Waals surface area contributed by atoms with Gasteiger partial charge in [0.15, 0.2) is 0 Å². The first-order valence-electron chi connectivity index (χ1n) is 4.39. The first-order valence-corrected chi connectivity index (χ1v) is 4.39. The zero-order valence-electron chi connectivity index (χ0n) is 7.84. The first kappa shape index (κ1) is 9.33. The van der Waals surface area contributed by atoms with Gasteiger partial charge in [-0.25, -0.2) is 0 Å². The summed E-state index contributed by atoms with van der Waals surface area (Å²) in [7, 11) is 0. The highest BCUT2D eigenvalue weighted by molar-refractivity contribution is 6.03. The van der Waals surface area contributed by atoms with Crippen molar-refractivity contribution < 1.29 is 4.79 Å². The molecule has 0 aliphatic rings. The number of nitrogens with zero attached hydrogens (tertiary/aromatic N) is 2. The quantitative estimate of drug-likeness (QED) is 0.796. The van der Waals surface area contributed by atoms with Crippen LogP contribution in [0.5, 0.6) is 0 Å². The Labute approximate surface area is 87.0 Å². The molecule has 0 atom stereocenters. The first-order chi connectivity index (χ1) is 7.36. The Bertz CT molecular complexity index is 442. The smallest absolute Gasteiger partial charge is 0.257 e. The van der Waals surface area contributed by atoms with Crippen LogP contribution >= 0.6 is 0 Å². The summed E-state index contributed by atoms with van der Waals surface area (Å²) >= 11 is 0. The van der Waals surface area contributed by atoms with Crippen molar-refractivity contribution in [3.8, 4) is 0 Å². The van der Waals surface area contributed by atoms with Crippen LogP contribution in [0.2, 0.25) is 0 Å². The summed E-state index contributed by atoms with van der Waals surface area (Å²) in [5.41, 5.74) is 1.13. The van der Waals surface area contributed by atoms with Gasteiger partial charge in [-0.15, -0.1) is 0 Å². The third kappa shape index (κ3) is 2.37. The summed E-state index contributed by atoms with van der Waals surface area (Å²) in [6.07, 6.45) is 6.22. The predicted octanol–water partition coefficient (Wildman–Crippen LogP) is 1.53. The molecule has 2 aromatic rings. The highest BCUT2D eigenvalue weighted by Gasteiger charge is 2.04. The van der Waals surface area contributed by atoms with E-state index in [1.54, 1.807) is 30.6 Å². The molecular formula is C11H8N3O. The lowest BCUT2D eigenvalue weighted by Crippen LogP contribution is -2.11. The van der Waals surface area contributed by atoms with Gasteiger partial charge in [-0.05, 0) is 18.2 Å². The molecule has 2 aromatic heterocycles. The Kier molecular flexibility index (Phi) is 2.69. The second kappa shape index (κ2) is 4.32. The number of hydrogen-bond acceptors (Lipinski definition) is 3. The molecule has 4 nitrogen and oxygen atoms in total. The van der Waals surface area contributed by atoms with Crippen LogP contribution in [0.15, 0.2) is 43.0 Å². The number of pyridine rings is 2. The van der Waals surface area contributed by atoms with Crippen molar-refractivity contribution in [1.82, 2.24) is 9.97 Å². The van der Waals surface area contributed by atoms with Gasteiger partial charge in [-0.1, -0.05) is 0 Å². The molecule has 2 heterocycles. The third-order valence-electron chi connectivity index (χ3n) is 1.78. The topological polar surface area (TPSA) is 54.9 Å². The third-order valence-corrected chi connectivity index (χ3v) is 1.78. The van der Waals surface area contributed by atoms with Gasteiger partial charge in [0.05, 0.1) is 17.4 Å². The van der Waals surface area contributed by atoms with Crippen LogP contribution in [0.3, 0.4) is 0 Å². The molecule has 0 unspecified atom stereocenters. The fourth-order valence-electron chi connectivity index (χ4n) is 1.09. The normalized spacial score (nSPS) is 9.60. The maximum atomic E-state index is 11.6. The van der Waals surface area contributed by atoms with Crippen molar-refractivity contribution in [3.63, 3.8) is 0 Å².